The van der Waals surface area contributed by atoms with Gasteiger partial charge < -0.3 is 10.2 Å². The largest absolute Gasteiger partial charge is 0.322 e. The number of anilines is 1. The molecule has 0 aromatic heterocycles. The summed E-state index contributed by atoms with van der Waals surface area (Å²) in [5.41, 5.74) is 3.97. The Morgan fingerprint density at radius 2 is 2.07 bits per heavy atom. The van der Waals surface area contributed by atoms with Gasteiger partial charge >= 0.3 is 6.03 Å². The number of nitrogens with zero attached hydrogens (tertiary/aromatic N) is 1. The van der Waals surface area contributed by atoms with Crippen LogP contribution in [0.15, 0.2) is 48.5 Å². The lowest BCUT2D eigenvalue weighted by Crippen LogP contribution is -2.45. The fourth-order valence-electron chi connectivity index (χ4n) is 5.05. The second-order valence-electron chi connectivity index (χ2n) is 8.49. The Morgan fingerprint density at radius 3 is 2.79 bits per heavy atom. The smallest absolute Gasteiger partial charge is 0.322 e. The van der Waals surface area contributed by atoms with Crippen LogP contribution in [0.2, 0.25) is 5.02 Å². The lowest BCUT2D eigenvalue weighted by molar-refractivity contribution is 0.161. The van der Waals surface area contributed by atoms with E-state index in [2.05, 4.69) is 48.3 Å². The highest BCUT2D eigenvalue weighted by Gasteiger charge is 2.58. The average molecular weight is 397 g/mol. The van der Waals surface area contributed by atoms with Crippen LogP contribution < -0.4 is 5.32 Å². The molecule has 3 atom stereocenters. The van der Waals surface area contributed by atoms with Crippen molar-refractivity contribution in [3.05, 3.63) is 64.7 Å². The maximum Gasteiger partial charge on any atom is 0.322 e. The van der Waals surface area contributed by atoms with Gasteiger partial charge in [-0.15, -0.1) is 0 Å². The molecule has 2 amide bonds. The van der Waals surface area contributed by atoms with Gasteiger partial charge in [0, 0.05) is 23.3 Å². The molecule has 2 aliphatic rings. The van der Waals surface area contributed by atoms with E-state index in [1.165, 1.54) is 24.0 Å². The molecule has 4 heteroatoms. The Bertz CT molecular complexity index is 867. The number of hydrogen-bond acceptors (Lipinski definition) is 1. The minimum absolute atomic E-state index is 0.00202. The highest BCUT2D eigenvalue weighted by atomic mass is 35.5. The normalized spacial score (nSPS) is 25.7. The summed E-state index contributed by atoms with van der Waals surface area (Å²) in [5, 5.41) is 3.68. The molecule has 0 spiro atoms. The molecule has 2 aliphatic carbocycles. The molecule has 28 heavy (non-hydrogen) atoms. The van der Waals surface area contributed by atoms with Gasteiger partial charge in [0.2, 0.25) is 0 Å². The summed E-state index contributed by atoms with van der Waals surface area (Å²) in [7, 11) is 0. The fraction of sp³-hybridized carbons (Fsp3) is 0.458. The number of rotatable bonds is 5. The molecule has 2 fully saturated rings. The van der Waals surface area contributed by atoms with Gasteiger partial charge in [-0.1, -0.05) is 54.4 Å². The van der Waals surface area contributed by atoms with Gasteiger partial charge in [-0.05, 0) is 74.1 Å². The monoisotopic (exact) mass is 396 g/mol. The summed E-state index contributed by atoms with van der Waals surface area (Å²) in [6.07, 6.45) is 5.59. The molecule has 0 bridgehead atoms. The first-order valence-electron chi connectivity index (χ1n) is 10.4. The molecule has 0 aliphatic heterocycles. The maximum absolute atomic E-state index is 13.0. The minimum Gasteiger partial charge on any atom is -0.322 e. The van der Waals surface area contributed by atoms with E-state index in [-0.39, 0.29) is 6.03 Å². The van der Waals surface area contributed by atoms with Gasteiger partial charge in [0.1, 0.15) is 0 Å². The van der Waals surface area contributed by atoms with E-state index in [1.54, 1.807) is 6.07 Å². The van der Waals surface area contributed by atoms with Gasteiger partial charge in [0.15, 0.2) is 0 Å². The third kappa shape index (κ3) is 3.77. The van der Waals surface area contributed by atoms with Gasteiger partial charge in [-0.2, -0.15) is 0 Å². The second kappa shape index (κ2) is 7.79. The number of benzene rings is 2. The molecule has 3 nitrogen and oxygen atoms in total. The molecule has 2 aromatic rings. The van der Waals surface area contributed by atoms with Crippen LogP contribution in [0.1, 0.15) is 50.2 Å². The number of nitrogens with one attached hydrogen (secondary N) is 1. The standard InChI is InChI=1S/C24H29ClN2O/c1-3-12-27(23(28)26-21-9-5-8-20(25)15-21)22-10-11-24(16-19(24)14-22)18-7-4-6-17(2)13-18/h4-9,13,15,19,22H,3,10-12,14,16H2,1-2H3,(H,26,28). The van der Waals surface area contributed by atoms with Gasteiger partial charge in [-0.3, -0.25) is 0 Å². The van der Waals surface area contributed by atoms with Crippen LogP contribution in [0, 0.1) is 12.8 Å². The maximum atomic E-state index is 13.0. The van der Waals surface area contributed by atoms with E-state index >= 15 is 0 Å². The van der Waals surface area contributed by atoms with Crippen molar-refractivity contribution in [1.82, 2.24) is 4.90 Å². The zero-order valence-corrected chi connectivity index (χ0v) is 17.5. The molecule has 0 saturated heterocycles. The summed E-state index contributed by atoms with van der Waals surface area (Å²) in [6.45, 7) is 5.10. The van der Waals surface area contributed by atoms with Crippen molar-refractivity contribution in [1.29, 1.82) is 0 Å². The van der Waals surface area contributed by atoms with Gasteiger partial charge in [0.25, 0.3) is 0 Å². The van der Waals surface area contributed by atoms with Crippen molar-refractivity contribution in [3.63, 3.8) is 0 Å². The highest BCUT2D eigenvalue weighted by Crippen LogP contribution is 2.62. The molecule has 0 radical (unpaired) electrons. The first-order chi connectivity index (χ1) is 13.5. The van der Waals surface area contributed by atoms with Crippen LogP contribution >= 0.6 is 11.6 Å². The Morgan fingerprint density at radius 1 is 1.25 bits per heavy atom. The lowest BCUT2D eigenvalue weighted by atomic mass is 9.80. The number of carbonyl (C=O) groups excluding carboxylic acids is 1. The van der Waals surface area contributed by atoms with Crippen LogP contribution in [0.5, 0.6) is 0 Å². The van der Waals surface area contributed by atoms with Crippen LogP contribution in [-0.4, -0.2) is 23.5 Å². The summed E-state index contributed by atoms with van der Waals surface area (Å²) in [4.78, 5) is 15.1. The summed E-state index contributed by atoms with van der Waals surface area (Å²) in [6, 6.07) is 16.7. The van der Waals surface area contributed by atoms with Crippen LogP contribution in [-0.2, 0) is 5.41 Å². The molecule has 0 heterocycles. The SMILES string of the molecule is CCCN(C(=O)Nc1cccc(Cl)c1)C1CCC2(c3cccc(C)c3)CC2C1. The summed E-state index contributed by atoms with van der Waals surface area (Å²) in [5.74, 6) is 0.700. The van der Waals surface area contributed by atoms with Crippen LogP contribution in [0.4, 0.5) is 10.5 Å². The van der Waals surface area contributed by atoms with Crippen LogP contribution in [0.3, 0.4) is 0 Å². The number of halogens is 1. The Hall–Kier alpha value is -2.00. The predicted octanol–water partition coefficient (Wildman–Crippen LogP) is 6.40. The van der Waals surface area contributed by atoms with E-state index in [9.17, 15) is 4.79 Å². The van der Waals surface area contributed by atoms with Crippen molar-refractivity contribution in [2.75, 3.05) is 11.9 Å². The van der Waals surface area contributed by atoms with Crippen molar-refractivity contribution in [3.8, 4) is 0 Å². The van der Waals surface area contributed by atoms with Crippen molar-refractivity contribution >= 4 is 23.3 Å². The molecular weight excluding hydrogens is 368 g/mol. The summed E-state index contributed by atoms with van der Waals surface area (Å²) >= 11 is 6.06. The lowest BCUT2D eigenvalue weighted by Gasteiger charge is -2.37. The predicted molar refractivity (Wildman–Crippen MR) is 116 cm³/mol. The molecule has 148 valence electrons. The zero-order valence-electron chi connectivity index (χ0n) is 16.7. The summed E-state index contributed by atoms with van der Waals surface area (Å²) < 4.78 is 0. The molecule has 1 N–H and O–H groups in total. The molecule has 2 saturated carbocycles. The minimum atomic E-state index is -0.00202. The average Bonchev–Trinajstić information content (AvgIpc) is 3.41. The van der Waals surface area contributed by atoms with Crippen molar-refractivity contribution in [2.45, 2.75) is 57.4 Å². The first-order valence-corrected chi connectivity index (χ1v) is 10.8. The first kappa shape index (κ1) is 19.3. The van der Waals surface area contributed by atoms with Crippen molar-refractivity contribution in [2.24, 2.45) is 5.92 Å². The van der Waals surface area contributed by atoms with E-state index in [0.717, 1.165) is 31.5 Å². The molecule has 4 rings (SSSR count). The van der Waals surface area contributed by atoms with E-state index in [4.69, 9.17) is 11.6 Å². The number of aryl methyl sites for hydroxylation is 1. The van der Waals surface area contributed by atoms with Crippen molar-refractivity contribution < 1.29 is 4.79 Å². The highest BCUT2D eigenvalue weighted by molar-refractivity contribution is 6.30. The zero-order chi connectivity index (χ0) is 19.7. The Labute approximate surface area is 173 Å². The number of carbonyl (C=O) groups is 1. The molecule has 2 aromatic carbocycles. The fourth-order valence-corrected chi connectivity index (χ4v) is 5.24. The van der Waals surface area contributed by atoms with Gasteiger partial charge in [-0.25, -0.2) is 4.79 Å². The third-order valence-electron chi connectivity index (χ3n) is 6.55. The van der Waals surface area contributed by atoms with E-state index in [0.29, 0.717) is 22.4 Å². The Balaban J connectivity index is 1.45. The van der Waals surface area contributed by atoms with E-state index in [1.807, 2.05) is 18.2 Å². The quantitative estimate of drug-likeness (QED) is 0.622. The second-order valence-corrected chi connectivity index (χ2v) is 8.93. The number of hydrogen-bond donors (Lipinski definition) is 1. The number of fused-ring (bicyclic) bond motifs is 1. The molecular formula is C24H29ClN2O. The van der Waals surface area contributed by atoms with Crippen LogP contribution in [0.25, 0.3) is 0 Å². The third-order valence-corrected chi connectivity index (χ3v) is 6.78. The van der Waals surface area contributed by atoms with E-state index < -0.39 is 0 Å². The Kier molecular flexibility index (Phi) is 5.37. The number of urea groups is 1. The topological polar surface area (TPSA) is 32.3 Å². The van der Waals surface area contributed by atoms with Gasteiger partial charge in [0.05, 0.1) is 0 Å². The molecule has 3 unspecified atom stereocenters. The number of amides is 2.